The Hall–Kier alpha value is -3.46. The van der Waals surface area contributed by atoms with Gasteiger partial charge in [0.15, 0.2) is 5.54 Å². The SMILES string of the molecule is O=C(CN1C(=O)N[C@]2(CCOc3ccccc32)C1=O)N1CCC(c2nc3ccccc3s2)CC1. The zero-order chi connectivity index (χ0) is 23.3. The number of hydrogen-bond donors (Lipinski definition) is 1. The Balaban J connectivity index is 1.13. The largest absolute Gasteiger partial charge is 0.493 e. The van der Waals surface area contributed by atoms with E-state index in [9.17, 15) is 14.4 Å². The van der Waals surface area contributed by atoms with Crippen molar-refractivity contribution >= 4 is 39.4 Å². The van der Waals surface area contributed by atoms with Crippen molar-refractivity contribution in [2.24, 2.45) is 0 Å². The second-order valence-corrected chi connectivity index (χ2v) is 10.1. The van der Waals surface area contributed by atoms with E-state index in [1.165, 1.54) is 4.70 Å². The van der Waals surface area contributed by atoms with Crippen LogP contribution in [0.3, 0.4) is 0 Å². The van der Waals surface area contributed by atoms with Gasteiger partial charge in [0.2, 0.25) is 5.91 Å². The van der Waals surface area contributed by atoms with Crippen LogP contribution in [0, 0.1) is 0 Å². The summed E-state index contributed by atoms with van der Waals surface area (Å²) in [5.41, 5.74) is 0.501. The molecule has 6 rings (SSSR count). The van der Waals surface area contributed by atoms with Crippen LogP contribution in [0.25, 0.3) is 10.2 Å². The fourth-order valence-corrected chi connectivity index (χ4v) is 6.33. The first kappa shape index (κ1) is 21.1. The van der Waals surface area contributed by atoms with Gasteiger partial charge in [-0.05, 0) is 31.0 Å². The number of imide groups is 1. The molecule has 0 unspecified atom stereocenters. The van der Waals surface area contributed by atoms with Crippen molar-refractivity contribution in [2.75, 3.05) is 26.2 Å². The lowest BCUT2D eigenvalue weighted by Crippen LogP contribution is -2.49. The monoisotopic (exact) mass is 476 g/mol. The van der Waals surface area contributed by atoms with E-state index in [1.807, 2.05) is 30.3 Å². The van der Waals surface area contributed by atoms with Crippen molar-refractivity contribution in [3.8, 4) is 5.75 Å². The molecule has 4 amide bonds. The van der Waals surface area contributed by atoms with Crippen LogP contribution in [-0.4, -0.2) is 58.9 Å². The topological polar surface area (TPSA) is 91.8 Å². The van der Waals surface area contributed by atoms with Crippen LogP contribution in [-0.2, 0) is 15.1 Å². The molecular formula is C25H24N4O4S. The van der Waals surface area contributed by atoms with Crippen LogP contribution >= 0.6 is 11.3 Å². The lowest BCUT2D eigenvalue weighted by molar-refractivity contribution is -0.140. The molecule has 2 fully saturated rings. The number of rotatable bonds is 3. The van der Waals surface area contributed by atoms with E-state index in [0.717, 1.165) is 28.3 Å². The number of carbonyl (C=O) groups excluding carboxylic acids is 3. The second kappa shape index (κ2) is 8.09. The minimum absolute atomic E-state index is 0.205. The van der Waals surface area contributed by atoms with Gasteiger partial charge in [-0.25, -0.2) is 9.78 Å². The number of likely N-dealkylation sites (tertiary alicyclic amines) is 1. The fraction of sp³-hybridized carbons (Fsp3) is 0.360. The normalized spacial score (nSPS) is 22.7. The number of amides is 4. The van der Waals surface area contributed by atoms with Gasteiger partial charge in [-0.15, -0.1) is 11.3 Å². The van der Waals surface area contributed by atoms with Crippen molar-refractivity contribution in [1.29, 1.82) is 0 Å². The molecule has 3 aromatic rings. The highest BCUT2D eigenvalue weighted by molar-refractivity contribution is 7.18. The van der Waals surface area contributed by atoms with Crippen molar-refractivity contribution in [3.63, 3.8) is 0 Å². The van der Waals surface area contributed by atoms with Crippen LogP contribution in [0.2, 0.25) is 0 Å². The van der Waals surface area contributed by atoms with Crippen molar-refractivity contribution in [1.82, 2.24) is 20.1 Å². The summed E-state index contributed by atoms with van der Waals surface area (Å²) in [7, 11) is 0. The lowest BCUT2D eigenvalue weighted by Gasteiger charge is -2.33. The molecule has 1 spiro atoms. The Morgan fingerprint density at radius 2 is 1.88 bits per heavy atom. The van der Waals surface area contributed by atoms with Crippen molar-refractivity contribution in [3.05, 3.63) is 59.1 Å². The van der Waals surface area contributed by atoms with Crippen LogP contribution in [0.15, 0.2) is 48.5 Å². The number of benzene rings is 2. The molecule has 1 atom stereocenters. The van der Waals surface area contributed by atoms with E-state index in [0.29, 0.717) is 43.3 Å². The maximum Gasteiger partial charge on any atom is 0.325 e. The quantitative estimate of drug-likeness (QED) is 0.586. The van der Waals surface area contributed by atoms with Gasteiger partial charge >= 0.3 is 6.03 Å². The highest BCUT2D eigenvalue weighted by Gasteiger charge is 2.55. The van der Waals surface area contributed by atoms with E-state index in [1.54, 1.807) is 28.4 Å². The molecule has 1 aromatic heterocycles. The summed E-state index contributed by atoms with van der Waals surface area (Å²) in [5.74, 6) is 0.322. The van der Waals surface area contributed by atoms with E-state index in [4.69, 9.17) is 9.72 Å². The highest BCUT2D eigenvalue weighted by Crippen LogP contribution is 2.41. The Morgan fingerprint density at radius 1 is 1.12 bits per heavy atom. The van der Waals surface area contributed by atoms with Gasteiger partial charge in [-0.3, -0.25) is 14.5 Å². The zero-order valence-electron chi connectivity index (χ0n) is 18.5. The molecule has 8 nitrogen and oxygen atoms in total. The van der Waals surface area contributed by atoms with E-state index in [-0.39, 0.29) is 18.4 Å². The molecule has 3 aliphatic rings. The summed E-state index contributed by atoms with van der Waals surface area (Å²) < 4.78 is 6.85. The van der Waals surface area contributed by atoms with Gasteiger partial charge < -0.3 is 15.0 Å². The average Bonchev–Trinajstić information content (AvgIpc) is 3.40. The molecule has 2 saturated heterocycles. The fourth-order valence-electron chi connectivity index (χ4n) is 5.19. The third-order valence-electron chi connectivity index (χ3n) is 7.06. The molecule has 0 radical (unpaired) electrons. The third kappa shape index (κ3) is 3.34. The van der Waals surface area contributed by atoms with Gasteiger partial charge in [0, 0.05) is 31.0 Å². The van der Waals surface area contributed by atoms with Crippen LogP contribution in [0.5, 0.6) is 5.75 Å². The summed E-state index contributed by atoms with van der Waals surface area (Å²) in [5, 5.41) is 3.97. The number of piperidine rings is 1. The molecule has 2 aromatic carbocycles. The summed E-state index contributed by atoms with van der Waals surface area (Å²) in [6, 6.07) is 14.8. The number of ether oxygens (including phenoxy) is 1. The molecule has 3 aliphatic heterocycles. The maximum atomic E-state index is 13.4. The number of aromatic nitrogens is 1. The Labute approximate surface area is 200 Å². The van der Waals surface area contributed by atoms with Crippen LogP contribution < -0.4 is 10.1 Å². The minimum atomic E-state index is -1.16. The molecule has 1 N–H and O–H groups in total. The molecular weight excluding hydrogens is 452 g/mol. The Kier molecular flexibility index (Phi) is 5.02. The maximum absolute atomic E-state index is 13.4. The summed E-state index contributed by atoms with van der Waals surface area (Å²) in [4.78, 5) is 46.8. The summed E-state index contributed by atoms with van der Waals surface area (Å²) >= 11 is 1.72. The van der Waals surface area contributed by atoms with Crippen molar-refractivity contribution in [2.45, 2.75) is 30.7 Å². The van der Waals surface area contributed by atoms with E-state index in [2.05, 4.69) is 11.4 Å². The number of carbonyl (C=O) groups is 3. The van der Waals surface area contributed by atoms with Crippen LogP contribution in [0.4, 0.5) is 4.79 Å². The number of para-hydroxylation sites is 2. The first-order valence-electron chi connectivity index (χ1n) is 11.5. The molecule has 0 saturated carbocycles. The molecule has 9 heteroatoms. The van der Waals surface area contributed by atoms with E-state index >= 15 is 0 Å². The molecule has 4 heterocycles. The smallest absolute Gasteiger partial charge is 0.325 e. The number of fused-ring (bicyclic) bond motifs is 3. The lowest BCUT2D eigenvalue weighted by atomic mass is 9.84. The number of urea groups is 1. The zero-order valence-corrected chi connectivity index (χ0v) is 19.3. The number of hydrogen-bond acceptors (Lipinski definition) is 6. The number of thiazole rings is 1. The predicted octanol–water partition coefficient (Wildman–Crippen LogP) is 3.23. The van der Waals surface area contributed by atoms with Gasteiger partial charge in [0.1, 0.15) is 12.3 Å². The number of nitrogens with one attached hydrogen (secondary N) is 1. The van der Waals surface area contributed by atoms with Crippen molar-refractivity contribution < 1.29 is 19.1 Å². The second-order valence-electron chi connectivity index (χ2n) is 9.00. The van der Waals surface area contributed by atoms with E-state index < -0.39 is 11.6 Å². The third-order valence-corrected chi connectivity index (χ3v) is 8.26. The Bertz CT molecular complexity index is 1270. The standard InChI is InChI=1S/C25H24N4O4S/c30-21(28-12-9-16(10-13-28)22-26-18-6-2-4-8-20(18)34-22)15-29-23(31)25(27-24(29)32)11-14-33-19-7-3-1-5-17(19)25/h1-8,16H,9-15H2,(H,27,32)/t25-/m0/s1. The number of nitrogens with zero attached hydrogens (tertiary/aromatic N) is 3. The van der Waals surface area contributed by atoms with Gasteiger partial charge in [-0.1, -0.05) is 30.3 Å². The molecule has 0 bridgehead atoms. The van der Waals surface area contributed by atoms with Gasteiger partial charge in [0.25, 0.3) is 5.91 Å². The minimum Gasteiger partial charge on any atom is -0.493 e. The molecule has 0 aliphatic carbocycles. The van der Waals surface area contributed by atoms with Gasteiger partial charge in [0.05, 0.1) is 21.8 Å². The molecule has 34 heavy (non-hydrogen) atoms. The summed E-state index contributed by atoms with van der Waals surface area (Å²) in [6.07, 6.45) is 1.98. The predicted molar refractivity (Wildman–Crippen MR) is 127 cm³/mol. The summed E-state index contributed by atoms with van der Waals surface area (Å²) in [6.45, 7) is 1.25. The Morgan fingerprint density at radius 3 is 2.71 bits per heavy atom. The first-order chi connectivity index (χ1) is 16.5. The average molecular weight is 477 g/mol. The first-order valence-corrected chi connectivity index (χ1v) is 12.4. The highest BCUT2D eigenvalue weighted by atomic mass is 32.1. The molecule has 174 valence electrons. The van der Waals surface area contributed by atoms with Crippen LogP contribution in [0.1, 0.15) is 35.8 Å². The van der Waals surface area contributed by atoms with Gasteiger partial charge in [-0.2, -0.15) is 0 Å².